The maximum atomic E-state index is 15.7. The average molecular weight is 493 g/mol. The predicted octanol–water partition coefficient (Wildman–Crippen LogP) is 7.20. The first-order valence-corrected chi connectivity index (χ1v) is 14.3. The summed E-state index contributed by atoms with van der Waals surface area (Å²) in [6.07, 6.45) is 2.73. The Morgan fingerprint density at radius 2 is 1.19 bits per heavy atom. The molecule has 0 amide bonds. The Bertz CT molecular complexity index is 1360. The van der Waals surface area contributed by atoms with Crippen molar-refractivity contribution in [3.63, 3.8) is 0 Å². The van der Waals surface area contributed by atoms with Gasteiger partial charge in [-0.2, -0.15) is 0 Å². The van der Waals surface area contributed by atoms with E-state index in [0.717, 1.165) is 26.8 Å². The van der Waals surface area contributed by atoms with E-state index >= 15 is 4.39 Å². The fraction of sp³-hybridized carbons (Fsp3) is 0.0909. The molecule has 1 heterocycles. The van der Waals surface area contributed by atoms with Crippen molar-refractivity contribution in [2.24, 2.45) is 0 Å². The third-order valence-electron chi connectivity index (χ3n) is 6.98. The van der Waals surface area contributed by atoms with Gasteiger partial charge in [-0.1, -0.05) is 0 Å². The van der Waals surface area contributed by atoms with Crippen LogP contribution in [0, 0.1) is 0 Å². The van der Waals surface area contributed by atoms with E-state index < -0.39 is 12.9 Å². The number of hydrogen-bond donors (Lipinski definition) is 0. The first kappa shape index (κ1) is 24.1. The molecule has 36 heavy (non-hydrogen) atoms. The van der Waals surface area contributed by atoms with Crippen LogP contribution in [0.4, 0.5) is 4.39 Å². The van der Waals surface area contributed by atoms with Gasteiger partial charge in [-0.15, -0.1) is 0 Å². The summed E-state index contributed by atoms with van der Waals surface area (Å²) in [6.45, 7) is 3.81. The van der Waals surface area contributed by atoms with Gasteiger partial charge in [0.1, 0.15) is 0 Å². The van der Waals surface area contributed by atoms with Crippen LogP contribution >= 0.6 is 6.83 Å². The molecule has 1 aliphatic heterocycles. The van der Waals surface area contributed by atoms with Crippen LogP contribution in [0.15, 0.2) is 151 Å². The van der Waals surface area contributed by atoms with Gasteiger partial charge in [-0.05, 0) is 0 Å². The maximum absolute atomic E-state index is 15.7. The minimum absolute atomic E-state index is 0.322. The standard InChI is InChI=1S/C33H30FOP/c1-4-29(31(34)24-25(2)3)33-30-22-14-15-23-32(30)36(35-33,26-16-8-5-9-17-26,27-18-10-6-11-19-27)28-20-12-7-13-21-28/h4-24,33H,2H2,1,3H3. The zero-order chi connectivity index (χ0) is 25.2. The molecule has 180 valence electrons. The van der Waals surface area contributed by atoms with E-state index in [1.54, 1.807) is 6.92 Å². The first-order chi connectivity index (χ1) is 17.5. The normalized spacial score (nSPS) is 19.6. The zero-order valence-corrected chi connectivity index (χ0v) is 21.5. The second-order valence-electron chi connectivity index (χ2n) is 9.17. The summed E-state index contributed by atoms with van der Waals surface area (Å²) in [4.78, 5) is 0. The summed E-state index contributed by atoms with van der Waals surface area (Å²) >= 11 is 0. The Hall–Kier alpha value is -3.58. The van der Waals surface area contributed by atoms with E-state index in [4.69, 9.17) is 4.52 Å². The molecule has 0 saturated carbocycles. The third-order valence-corrected chi connectivity index (χ3v) is 12.8. The molecule has 1 unspecified atom stereocenters. The van der Waals surface area contributed by atoms with Gasteiger partial charge in [-0.25, -0.2) is 0 Å². The molecule has 0 saturated heterocycles. The number of rotatable bonds is 6. The van der Waals surface area contributed by atoms with E-state index in [1.807, 2.05) is 37.3 Å². The van der Waals surface area contributed by atoms with Crippen molar-refractivity contribution < 1.29 is 8.91 Å². The van der Waals surface area contributed by atoms with Crippen LogP contribution in [0.2, 0.25) is 0 Å². The molecule has 1 nitrogen and oxygen atoms in total. The van der Waals surface area contributed by atoms with Crippen LogP contribution in [-0.2, 0) is 4.52 Å². The van der Waals surface area contributed by atoms with Gasteiger partial charge in [0.25, 0.3) is 0 Å². The van der Waals surface area contributed by atoms with Gasteiger partial charge in [0.2, 0.25) is 0 Å². The molecule has 0 N–H and O–H groups in total. The Morgan fingerprint density at radius 3 is 1.64 bits per heavy atom. The van der Waals surface area contributed by atoms with Gasteiger partial charge < -0.3 is 0 Å². The third kappa shape index (κ3) is 3.45. The molecule has 4 aromatic rings. The Morgan fingerprint density at radius 1 is 0.750 bits per heavy atom. The number of halogens is 1. The molecule has 0 aliphatic carbocycles. The molecule has 0 spiro atoms. The molecule has 1 aliphatic rings. The first-order valence-electron chi connectivity index (χ1n) is 12.2. The van der Waals surface area contributed by atoms with Crippen molar-refractivity contribution in [3.8, 4) is 0 Å². The number of hydrogen-bond acceptors (Lipinski definition) is 1. The van der Waals surface area contributed by atoms with Crippen molar-refractivity contribution in [1.82, 2.24) is 0 Å². The fourth-order valence-electron chi connectivity index (χ4n) is 5.55. The second-order valence-corrected chi connectivity index (χ2v) is 13.5. The summed E-state index contributed by atoms with van der Waals surface area (Å²) in [6, 6.07) is 39.7. The summed E-state index contributed by atoms with van der Waals surface area (Å²) in [7, 11) is 0. The van der Waals surface area contributed by atoms with E-state index in [-0.39, 0.29) is 5.83 Å². The van der Waals surface area contributed by atoms with Gasteiger partial charge in [0, 0.05) is 0 Å². The van der Waals surface area contributed by atoms with Gasteiger partial charge in [-0.3, -0.25) is 0 Å². The van der Waals surface area contributed by atoms with Gasteiger partial charge >= 0.3 is 213 Å². The quantitative estimate of drug-likeness (QED) is 0.204. The van der Waals surface area contributed by atoms with E-state index in [9.17, 15) is 0 Å². The van der Waals surface area contributed by atoms with E-state index in [0.29, 0.717) is 11.1 Å². The van der Waals surface area contributed by atoms with Crippen molar-refractivity contribution in [2.75, 3.05) is 0 Å². The summed E-state index contributed by atoms with van der Waals surface area (Å²) in [5, 5.41) is 4.39. The molecule has 1 atom stereocenters. The van der Waals surface area contributed by atoms with Crippen molar-refractivity contribution in [2.45, 2.75) is 20.0 Å². The molecule has 3 heteroatoms. The molecule has 0 radical (unpaired) electrons. The topological polar surface area (TPSA) is 9.23 Å². The zero-order valence-electron chi connectivity index (χ0n) is 20.6. The van der Waals surface area contributed by atoms with Crippen molar-refractivity contribution >= 4 is 28.0 Å². The van der Waals surface area contributed by atoms with Crippen molar-refractivity contribution in [1.29, 1.82) is 0 Å². The molecular formula is C33H30FOP. The molecular weight excluding hydrogens is 462 g/mol. The van der Waals surface area contributed by atoms with Gasteiger partial charge in [0.05, 0.1) is 0 Å². The minimum atomic E-state index is -3.75. The van der Waals surface area contributed by atoms with Crippen LogP contribution < -0.4 is 21.2 Å². The van der Waals surface area contributed by atoms with Crippen LogP contribution in [0.25, 0.3) is 0 Å². The molecule has 0 aromatic heterocycles. The van der Waals surface area contributed by atoms with Crippen LogP contribution in [0.1, 0.15) is 25.5 Å². The van der Waals surface area contributed by atoms with E-state index in [1.165, 1.54) is 6.08 Å². The van der Waals surface area contributed by atoms with Crippen LogP contribution in [0.5, 0.6) is 0 Å². The molecule has 0 fully saturated rings. The van der Waals surface area contributed by atoms with Crippen LogP contribution in [-0.4, -0.2) is 0 Å². The summed E-state index contributed by atoms with van der Waals surface area (Å²) in [5.74, 6) is -0.322. The Labute approximate surface area is 213 Å². The Balaban J connectivity index is 1.97. The van der Waals surface area contributed by atoms with Crippen LogP contribution in [0.3, 0.4) is 0 Å². The number of fused-ring (bicyclic) bond motifs is 1. The SMILES string of the molecule is C=C(C)C=C(F)C(=CC)C1OP(c2ccccc2)(c2ccccc2)(c2ccccc2)c2ccccc21. The fourth-order valence-corrected chi connectivity index (χ4v) is 11.7. The molecule has 0 bridgehead atoms. The summed E-state index contributed by atoms with van der Waals surface area (Å²) in [5.41, 5.74) is 2.16. The molecule has 4 aromatic carbocycles. The summed E-state index contributed by atoms with van der Waals surface area (Å²) < 4.78 is 23.3. The second kappa shape index (κ2) is 9.47. The Kier molecular flexibility index (Phi) is 6.35. The number of allylic oxidation sites excluding steroid dienone is 3. The monoisotopic (exact) mass is 492 g/mol. The van der Waals surface area contributed by atoms with Gasteiger partial charge in [0.15, 0.2) is 0 Å². The van der Waals surface area contributed by atoms with E-state index in [2.05, 4.69) is 97.6 Å². The molecule has 5 rings (SSSR count). The van der Waals surface area contributed by atoms with Crippen molar-refractivity contribution in [3.05, 3.63) is 157 Å². The predicted molar refractivity (Wildman–Crippen MR) is 153 cm³/mol. The average Bonchev–Trinajstić information content (AvgIpc) is 3.24. The number of benzene rings is 4.